The molecule has 0 aliphatic carbocycles. The fraction of sp³-hybridized carbons (Fsp3) is 0.375. The molecule has 1 aromatic rings. The van der Waals surface area contributed by atoms with E-state index in [2.05, 4.69) is 15.0 Å². The fourth-order valence-corrected chi connectivity index (χ4v) is 0.945. The molecule has 0 aliphatic heterocycles. The van der Waals surface area contributed by atoms with Crippen LogP contribution in [-0.4, -0.2) is 10.1 Å². The van der Waals surface area contributed by atoms with E-state index in [-0.39, 0.29) is 0 Å². The molecular formula is C8H10N4O. The number of aliphatic hydroxyl groups is 1. The van der Waals surface area contributed by atoms with Crippen LogP contribution in [0.15, 0.2) is 23.3 Å². The van der Waals surface area contributed by atoms with Crippen LogP contribution in [-0.2, 0) is 5.72 Å². The third-order valence-corrected chi connectivity index (χ3v) is 1.61. The van der Waals surface area contributed by atoms with E-state index in [1.165, 1.54) is 6.92 Å². The zero-order chi connectivity index (χ0) is 9.90. The molecule has 0 spiro atoms. The summed E-state index contributed by atoms with van der Waals surface area (Å²) in [5.41, 5.74) is 7.76. The zero-order valence-electron chi connectivity index (χ0n) is 7.47. The Bertz CT molecular complexity index is 355. The van der Waals surface area contributed by atoms with Gasteiger partial charge in [-0.2, -0.15) is 0 Å². The lowest BCUT2D eigenvalue weighted by Crippen LogP contribution is -2.18. The molecular weight excluding hydrogens is 168 g/mol. The molecule has 5 heteroatoms. The van der Waals surface area contributed by atoms with Crippen molar-refractivity contribution >= 4 is 0 Å². The Kier molecular flexibility index (Phi) is 2.51. The molecule has 0 aromatic carbocycles. The van der Waals surface area contributed by atoms with Crippen LogP contribution >= 0.6 is 0 Å². The highest BCUT2D eigenvalue weighted by Crippen LogP contribution is 2.19. The van der Waals surface area contributed by atoms with Crippen LogP contribution in [0.2, 0.25) is 0 Å². The number of pyridine rings is 1. The van der Waals surface area contributed by atoms with Gasteiger partial charge in [0.05, 0.1) is 5.69 Å². The van der Waals surface area contributed by atoms with Gasteiger partial charge in [0.1, 0.15) is 0 Å². The van der Waals surface area contributed by atoms with Gasteiger partial charge in [-0.1, -0.05) is 11.2 Å². The van der Waals surface area contributed by atoms with Crippen LogP contribution < -0.4 is 0 Å². The van der Waals surface area contributed by atoms with Crippen molar-refractivity contribution in [2.45, 2.75) is 19.6 Å². The fourth-order valence-electron chi connectivity index (χ4n) is 0.945. The highest BCUT2D eigenvalue weighted by atomic mass is 16.3. The molecule has 1 aromatic heterocycles. The first kappa shape index (κ1) is 9.51. The van der Waals surface area contributed by atoms with Crippen LogP contribution in [0.3, 0.4) is 0 Å². The lowest BCUT2D eigenvalue weighted by molar-refractivity contribution is 0.0603. The highest BCUT2D eigenvalue weighted by molar-refractivity contribution is 5.15. The first-order valence-electron chi connectivity index (χ1n) is 3.79. The summed E-state index contributed by atoms with van der Waals surface area (Å²) < 4.78 is 0. The molecule has 5 nitrogen and oxygen atoms in total. The van der Waals surface area contributed by atoms with E-state index < -0.39 is 5.72 Å². The van der Waals surface area contributed by atoms with Gasteiger partial charge in [-0.25, -0.2) is 0 Å². The molecule has 1 unspecified atom stereocenters. The summed E-state index contributed by atoms with van der Waals surface area (Å²) in [6.07, 6.45) is 0. The monoisotopic (exact) mass is 178 g/mol. The van der Waals surface area contributed by atoms with E-state index in [0.29, 0.717) is 5.69 Å². The Labute approximate surface area is 75.7 Å². The summed E-state index contributed by atoms with van der Waals surface area (Å²) in [6.45, 7) is 3.20. The van der Waals surface area contributed by atoms with Crippen LogP contribution in [0, 0.1) is 6.92 Å². The molecule has 1 rings (SSSR count). The van der Waals surface area contributed by atoms with Gasteiger partial charge >= 0.3 is 0 Å². The minimum atomic E-state index is -1.57. The van der Waals surface area contributed by atoms with Crippen molar-refractivity contribution in [3.05, 3.63) is 40.0 Å². The topological polar surface area (TPSA) is 81.9 Å². The predicted octanol–water partition coefficient (Wildman–Crippen LogP) is 1.87. The van der Waals surface area contributed by atoms with Crippen LogP contribution in [0.1, 0.15) is 18.3 Å². The van der Waals surface area contributed by atoms with Crippen molar-refractivity contribution in [2.24, 2.45) is 5.11 Å². The largest absolute Gasteiger partial charge is 0.378 e. The number of aryl methyl sites for hydroxylation is 1. The van der Waals surface area contributed by atoms with Gasteiger partial charge < -0.3 is 5.11 Å². The number of rotatable bonds is 2. The molecule has 1 N–H and O–H groups in total. The highest BCUT2D eigenvalue weighted by Gasteiger charge is 2.22. The standard InChI is InChI=1S/C8H10N4O/c1-6-4-3-5-7(10-6)8(2,13)11-12-9/h3-5,13H,1-2H3. The minimum Gasteiger partial charge on any atom is -0.378 e. The summed E-state index contributed by atoms with van der Waals surface area (Å²) in [6, 6.07) is 5.16. The van der Waals surface area contributed by atoms with Crippen LogP contribution in [0.4, 0.5) is 0 Å². The van der Waals surface area contributed by atoms with Gasteiger partial charge in [0.25, 0.3) is 0 Å². The molecule has 0 fully saturated rings. The maximum atomic E-state index is 9.63. The second kappa shape index (κ2) is 3.43. The van der Waals surface area contributed by atoms with E-state index in [4.69, 9.17) is 5.53 Å². The van der Waals surface area contributed by atoms with Crippen molar-refractivity contribution in [2.75, 3.05) is 0 Å². The van der Waals surface area contributed by atoms with Gasteiger partial charge in [0.15, 0.2) is 5.72 Å². The normalized spacial score (nSPS) is 14.4. The average Bonchev–Trinajstić information content (AvgIpc) is 2.04. The Morgan fingerprint density at radius 3 is 2.85 bits per heavy atom. The number of nitrogens with zero attached hydrogens (tertiary/aromatic N) is 4. The summed E-state index contributed by atoms with van der Waals surface area (Å²) in [5, 5.41) is 12.9. The van der Waals surface area contributed by atoms with Crippen molar-refractivity contribution in [3.63, 3.8) is 0 Å². The molecule has 1 atom stereocenters. The third-order valence-electron chi connectivity index (χ3n) is 1.61. The summed E-state index contributed by atoms with van der Waals surface area (Å²) in [7, 11) is 0. The van der Waals surface area contributed by atoms with Crippen molar-refractivity contribution in [1.82, 2.24) is 4.98 Å². The maximum Gasteiger partial charge on any atom is 0.182 e. The molecule has 0 saturated carbocycles. The van der Waals surface area contributed by atoms with Crippen LogP contribution in [0.5, 0.6) is 0 Å². The smallest absolute Gasteiger partial charge is 0.182 e. The van der Waals surface area contributed by atoms with Crippen molar-refractivity contribution in [1.29, 1.82) is 0 Å². The molecule has 0 saturated heterocycles. The Morgan fingerprint density at radius 1 is 1.62 bits per heavy atom. The van der Waals surface area contributed by atoms with E-state index in [1.54, 1.807) is 25.1 Å². The quantitative estimate of drug-likeness (QED) is 0.426. The van der Waals surface area contributed by atoms with Gasteiger partial charge in [0.2, 0.25) is 0 Å². The van der Waals surface area contributed by atoms with Gasteiger partial charge in [-0.3, -0.25) is 4.98 Å². The summed E-state index contributed by atoms with van der Waals surface area (Å²) >= 11 is 0. The maximum absolute atomic E-state index is 9.63. The Balaban J connectivity index is 3.13. The predicted molar refractivity (Wildman–Crippen MR) is 47.7 cm³/mol. The van der Waals surface area contributed by atoms with Gasteiger partial charge in [-0.05, 0) is 31.5 Å². The van der Waals surface area contributed by atoms with Crippen molar-refractivity contribution in [3.8, 4) is 0 Å². The molecule has 0 aliphatic rings. The zero-order valence-corrected chi connectivity index (χ0v) is 7.47. The number of aromatic nitrogens is 1. The number of azide groups is 1. The summed E-state index contributed by atoms with van der Waals surface area (Å²) in [4.78, 5) is 6.60. The van der Waals surface area contributed by atoms with Crippen LogP contribution in [0.25, 0.3) is 10.4 Å². The average molecular weight is 178 g/mol. The first-order chi connectivity index (χ1) is 6.06. The lowest BCUT2D eigenvalue weighted by atomic mass is 10.1. The Morgan fingerprint density at radius 2 is 2.31 bits per heavy atom. The molecule has 1 heterocycles. The molecule has 0 radical (unpaired) electrons. The second-order valence-corrected chi connectivity index (χ2v) is 2.87. The number of hydrogen-bond donors (Lipinski definition) is 1. The molecule has 68 valence electrons. The van der Waals surface area contributed by atoms with Gasteiger partial charge in [0, 0.05) is 10.6 Å². The van der Waals surface area contributed by atoms with E-state index in [1.807, 2.05) is 0 Å². The SMILES string of the molecule is Cc1cccc(C(C)(O)N=[N+]=[N-])n1. The first-order valence-corrected chi connectivity index (χ1v) is 3.79. The van der Waals surface area contributed by atoms with E-state index in [0.717, 1.165) is 5.69 Å². The number of hydrogen-bond acceptors (Lipinski definition) is 3. The molecule has 0 bridgehead atoms. The molecule has 13 heavy (non-hydrogen) atoms. The Hall–Kier alpha value is -1.58. The van der Waals surface area contributed by atoms with E-state index in [9.17, 15) is 5.11 Å². The third kappa shape index (κ3) is 2.18. The minimum absolute atomic E-state index is 0.352. The van der Waals surface area contributed by atoms with Gasteiger partial charge in [-0.15, -0.1) is 0 Å². The summed E-state index contributed by atoms with van der Waals surface area (Å²) in [5.74, 6) is 0. The second-order valence-electron chi connectivity index (χ2n) is 2.87. The van der Waals surface area contributed by atoms with Crippen molar-refractivity contribution < 1.29 is 5.11 Å². The lowest BCUT2D eigenvalue weighted by Gasteiger charge is -2.15. The van der Waals surface area contributed by atoms with E-state index >= 15 is 0 Å². The molecule has 0 amide bonds.